The standard InChI is InChI=1S/C18H16ClF4NO/c1-17(8-13(25)9-17)11-5-12(7-18(21,22)23)24-16(6-11)10-2-3-15(20)14(19)4-10/h2-6,13,25H,7-9H2,1H3. The first-order valence-electron chi connectivity index (χ1n) is 7.77. The molecule has 1 aliphatic carbocycles. The van der Waals surface area contributed by atoms with Crippen LogP contribution in [0.5, 0.6) is 0 Å². The Hall–Kier alpha value is -1.66. The fraction of sp³-hybridized carbons (Fsp3) is 0.389. The molecule has 7 heteroatoms. The number of alkyl halides is 3. The zero-order valence-electron chi connectivity index (χ0n) is 13.4. The lowest BCUT2D eigenvalue weighted by Gasteiger charge is -2.43. The summed E-state index contributed by atoms with van der Waals surface area (Å²) in [5.41, 5.74) is 0.924. The Morgan fingerprint density at radius 2 is 1.92 bits per heavy atom. The number of hydrogen-bond acceptors (Lipinski definition) is 2. The summed E-state index contributed by atoms with van der Waals surface area (Å²) in [7, 11) is 0. The number of benzene rings is 1. The van der Waals surface area contributed by atoms with Crippen LogP contribution in [0.2, 0.25) is 5.02 Å². The van der Waals surface area contributed by atoms with Gasteiger partial charge in [0.1, 0.15) is 5.82 Å². The van der Waals surface area contributed by atoms with Crippen LogP contribution in [0.25, 0.3) is 11.3 Å². The number of aromatic nitrogens is 1. The summed E-state index contributed by atoms with van der Waals surface area (Å²) in [5, 5.41) is 9.48. The van der Waals surface area contributed by atoms with Crippen molar-refractivity contribution in [3.63, 3.8) is 0 Å². The molecule has 0 unspecified atom stereocenters. The number of nitrogens with zero attached hydrogens (tertiary/aromatic N) is 1. The first-order valence-corrected chi connectivity index (χ1v) is 8.15. The maximum atomic E-state index is 13.4. The van der Waals surface area contributed by atoms with Gasteiger partial charge < -0.3 is 5.11 Å². The highest BCUT2D eigenvalue weighted by Crippen LogP contribution is 2.44. The predicted molar refractivity (Wildman–Crippen MR) is 87.0 cm³/mol. The molecule has 3 rings (SSSR count). The molecule has 1 aliphatic rings. The zero-order valence-corrected chi connectivity index (χ0v) is 14.1. The van der Waals surface area contributed by atoms with E-state index >= 15 is 0 Å². The van der Waals surface area contributed by atoms with E-state index in [9.17, 15) is 22.7 Å². The van der Waals surface area contributed by atoms with E-state index in [-0.39, 0.29) is 10.7 Å². The molecular weight excluding hydrogens is 358 g/mol. The fourth-order valence-electron chi connectivity index (χ4n) is 3.25. The Bertz CT molecular complexity index is 800. The van der Waals surface area contributed by atoms with Crippen molar-refractivity contribution in [1.29, 1.82) is 0 Å². The Kier molecular flexibility index (Phi) is 4.54. The molecule has 0 atom stereocenters. The number of rotatable bonds is 3. The molecule has 0 aliphatic heterocycles. The molecule has 1 saturated carbocycles. The summed E-state index contributed by atoms with van der Waals surface area (Å²) in [6.07, 6.45) is -5.03. The monoisotopic (exact) mass is 373 g/mol. The highest BCUT2D eigenvalue weighted by molar-refractivity contribution is 6.31. The Morgan fingerprint density at radius 3 is 2.48 bits per heavy atom. The van der Waals surface area contributed by atoms with E-state index in [0.29, 0.717) is 29.7 Å². The number of halogens is 5. The third-order valence-corrected chi connectivity index (χ3v) is 4.83. The maximum absolute atomic E-state index is 13.4. The minimum Gasteiger partial charge on any atom is -0.393 e. The molecule has 1 aromatic heterocycles. The van der Waals surface area contributed by atoms with Crippen LogP contribution in [0.1, 0.15) is 31.0 Å². The summed E-state index contributed by atoms with van der Waals surface area (Å²) in [6.45, 7) is 1.90. The van der Waals surface area contributed by atoms with E-state index in [1.54, 1.807) is 6.07 Å². The van der Waals surface area contributed by atoms with Gasteiger partial charge in [0.2, 0.25) is 0 Å². The number of pyridine rings is 1. The van der Waals surface area contributed by atoms with Crippen LogP contribution in [-0.2, 0) is 11.8 Å². The van der Waals surface area contributed by atoms with Crippen molar-refractivity contribution in [2.24, 2.45) is 0 Å². The molecule has 2 nitrogen and oxygen atoms in total. The Labute approximate surface area is 147 Å². The van der Waals surface area contributed by atoms with Gasteiger partial charge in [-0.3, -0.25) is 4.98 Å². The topological polar surface area (TPSA) is 33.1 Å². The zero-order chi connectivity index (χ0) is 18.4. The Balaban J connectivity index is 2.07. The van der Waals surface area contributed by atoms with Crippen LogP contribution in [0.3, 0.4) is 0 Å². The normalized spacial score (nSPS) is 23.4. The fourth-order valence-corrected chi connectivity index (χ4v) is 3.43. The molecule has 0 saturated heterocycles. The van der Waals surface area contributed by atoms with Crippen molar-refractivity contribution in [2.75, 3.05) is 0 Å². The van der Waals surface area contributed by atoms with E-state index in [4.69, 9.17) is 11.6 Å². The molecule has 1 fully saturated rings. The smallest absolute Gasteiger partial charge is 0.393 e. The van der Waals surface area contributed by atoms with E-state index in [2.05, 4.69) is 4.98 Å². The van der Waals surface area contributed by atoms with E-state index in [1.165, 1.54) is 18.2 Å². The van der Waals surface area contributed by atoms with Gasteiger partial charge in [0, 0.05) is 5.56 Å². The second kappa shape index (κ2) is 6.25. The third kappa shape index (κ3) is 3.96. The molecule has 1 aromatic carbocycles. The predicted octanol–water partition coefficient (Wildman–Crippen LogP) is 5.06. The van der Waals surface area contributed by atoms with Gasteiger partial charge in [0.15, 0.2) is 0 Å². The highest BCUT2D eigenvalue weighted by atomic mass is 35.5. The largest absolute Gasteiger partial charge is 0.394 e. The average molecular weight is 374 g/mol. The third-order valence-electron chi connectivity index (χ3n) is 4.54. The number of aliphatic hydroxyl groups is 1. The molecule has 25 heavy (non-hydrogen) atoms. The summed E-state index contributed by atoms with van der Waals surface area (Å²) in [4.78, 5) is 4.09. The van der Waals surface area contributed by atoms with Gasteiger partial charge in [-0.1, -0.05) is 18.5 Å². The van der Waals surface area contributed by atoms with Crippen molar-refractivity contribution in [3.05, 3.63) is 52.4 Å². The Morgan fingerprint density at radius 1 is 1.24 bits per heavy atom. The van der Waals surface area contributed by atoms with Gasteiger partial charge in [-0.25, -0.2) is 4.39 Å². The quantitative estimate of drug-likeness (QED) is 0.763. The molecular formula is C18H16ClF4NO. The van der Waals surface area contributed by atoms with E-state index in [0.717, 1.165) is 6.07 Å². The average Bonchev–Trinajstić information content (AvgIpc) is 2.46. The number of hydrogen-bond donors (Lipinski definition) is 1. The van der Waals surface area contributed by atoms with Gasteiger partial charge >= 0.3 is 6.18 Å². The van der Waals surface area contributed by atoms with Crippen molar-refractivity contribution < 1.29 is 22.7 Å². The molecule has 0 amide bonds. The summed E-state index contributed by atoms with van der Waals surface area (Å²) in [6, 6.07) is 7.06. The van der Waals surface area contributed by atoms with Gasteiger partial charge in [-0.2, -0.15) is 13.2 Å². The molecule has 0 spiro atoms. The summed E-state index contributed by atoms with van der Waals surface area (Å²) >= 11 is 5.78. The maximum Gasteiger partial charge on any atom is 0.394 e. The van der Waals surface area contributed by atoms with Crippen molar-refractivity contribution >= 4 is 11.6 Å². The lowest BCUT2D eigenvalue weighted by atomic mass is 9.64. The van der Waals surface area contributed by atoms with Crippen LogP contribution in [0, 0.1) is 5.82 Å². The van der Waals surface area contributed by atoms with Crippen molar-refractivity contribution in [2.45, 2.75) is 43.9 Å². The van der Waals surface area contributed by atoms with Crippen LogP contribution in [-0.4, -0.2) is 22.4 Å². The van der Waals surface area contributed by atoms with E-state index in [1.807, 2.05) is 6.92 Å². The van der Waals surface area contributed by atoms with Gasteiger partial charge in [0.25, 0.3) is 0 Å². The van der Waals surface area contributed by atoms with Gasteiger partial charge in [0.05, 0.1) is 28.9 Å². The van der Waals surface area contributed by atoms with Crippen LogP contribution in [0.15, 0.2) is 30.3 Å². The summed E-state index contributed by atoms with van der Waals surface area (Å²) in [5.74, 6) is -0.605. The SMILES string of the molecule is CC1(c2cc(CC(F)(F)F)nc(-c3ccc(F)c(Cl)c3)c2)CC(O)C1. The van der Waals surface area contributed by atoms with Gasteiger partial charge in [-0.15, -0.1) is 0 Å². The van der Waals surface area contributed by atoms with Crippen LogP contribution < -0.4 is 0 Å². The minimum absolute atomic E-state index is 0.108. The first-order chi connectivity index (χ1) is 11.6. The molecule has 0 bridgehead atoms. The molecule has 0 radical (unpaired) electrons. The molecule has 1 N–H and O–H groups in total. The molecule has 2 aromatic rings. The van der Waals surface area contributed by atoms with Crippen molar-refractivity contribution in [3.8, 4) is 11.3 Å². The second-order valence-corrected chi connectivity index (χ2v) is 7.18. The number of aliphatic hydroxyl groups excluding tert-OH is 1. The first kappa shape index (κ1) is 18.1. The molecule has 134 valence electrons. The molecule has 1 heterocycles. The van der Waals surface area contributed by atoms with E-state index < -0.39 is 29.9 Å². The van der Waals surface area contributed by atoms with Crippen LogP contribution >= 0.6 is 11.6 Å². The minimum atomic E-state index is -4.39. The van der Waals surface area contributed by atoms with Crippen LogP contribution in [0.4, 0.5) is 17.6 Å². The van der Waals surface area contributed by atoms with Gasteiger partial charge in [-0.05, 0) is 54.2 Å². The second-order valence-electron chi connectivity index (χ2n) is 6.78. The van der Waals surface area contributed by atoms with Crippen molar-refractivity contribution in [1.82, 2.24) is 4.98 Å². The lowest BCUT2D eigenvalue weighted by molar-refractivity contribution is -0.127. The highest BCUT2D eigenvalue weighted by Gasteiger charge is 2.41. The summed E-state index contributed by atoms with van der Waals surface area (Å²) < 4.78 is 51.8. The lowest BCUT2D eigenvalue weighted by Crippen LogP contribution is -2.42.